The van der Waals surface area contributed by atoms with Crippen LogP contribution in [0.15, 0.2) is 12.1 Å². The predicted molar refractivity (Wildman–Crippen MR) is 79.0 cm³/mol. The number of aryl methyl sites for hydroxylation is 1. The van der Waals surface area contributed by atoms with E-state index in [0.29, 0.717) is 4.88 Å². The molecule has 1 aromatic heterocycles. The van der Waals surface area contributed by atoms with E-state index in [0.717, 1.165) is 17.7 Å². The minimum atomic E-state index is -0.417. The molecule has 1 aliphatic carbocycles. The van der Waals surface area contributed by atoms with Gasteiger partial charge in [-0.2, -0.15) is 0 Å². The van der Waals surface area contributed by atoms with Crippen molar-refractivity contribution in [2.45, 2.75) is 51.5 Å². The van der Waals surface area contributed by atoms with E-state index < -0.39 is 5.97 Å². The number of hydrogen-bond donors (Lipinski definition) is 1. The van der Waals surface area contributed by atoms with Crippen LogP contribution in [0.3, 0.4) is 0 Å². The fraction of sp³-hybridized carbons (Fsp3) is 0.600. The molecule has 4 nitrogen and oxygen atoms in total. The molecule has 1 amide bonds. The Kier molecular flexibility index (Phi) is 5.59. The van der Waals surface area contributed by atoms with Gasteiger partial charge in [-0.15, -0.1) is 11.3 Å². The third-order valence-corrected chi connectivity index (χ3v) is 4.48. The lowest BCUT2D eigenvalue weighted by Crippen LogP contribution is -2.37. The molecule has 1 saturated carbocycles. The first-order valence-corrected chi connectivity index (χ1v) is 8.00. The maximum absolute atomic E-state index is 11.8. The van der Waals surface area contributed by atoms with E-state index in [2.05, 4.69) is 5.32 Å². The highest BCUT2D eigenvalue weighted by molar-refractivity contribution is 7.13. The number of thiophene rings is 1. The van der Waals surface area contributed by atoms with Crippen LogP contribution in [0.5, 0.6) is 0 Å². The summed E-state index contributed by atoms with van der Waals surface area (Å²) in [6, 6.07) is 3.84. The van der Waals surface area contributed by atoms with E-state index in [1.165, 1.54) is 37.0 Å². The van der Waals surface area contributed by atoms with Gasteiger partial charge in [0.25, 0.3) is 5.91 Å². The molecule has 20 heavy (non-hydrogen) atoms. The van der Waals surface area contributed by atoms with Crippen molar-refractivity contribution in [3.05, 3.63) is 21.9 Å². The molecule has 1 aromatic rings. The summed E-state index contributed by atoms with van der Waals surface area (Å²) in [6.07, 6.45) is 6.89. The van der Waals surface area contributed by atoms with Crippen molar-refractivity contribution in [1.82, 2.24) is 5.32 Å². The molecule has 110 valence electrons. The van der Waals surface area contributed by atoms with Crippen molar-refractivity contribution in [3.8, 4) is 0 Å². The van der Waals surface area contributed by atoms with Crippen molar-refractivity contribution in [2.24, 2.45) is 0 Å². The molecule has 2 rings (SSSR count). The van der Waals surface area contributed by atoms with Gasteiger partial charge in [-0.25, -0.2) is 4.79 Å². The van der Waals surface area contributed by atoms with E-state index in [1.807, 2.05) is 13.0 Å². The van der Waals surface area contributed by atoms with E-state index in [-0.39, 0.29) is 18.6 Å². The minimum absolute atomic E-state index is 0.188. The van der Waals surface area contributed by atoms with Crippen LogP contribution in [-0.4, -0.2) is 24.5 Å². The molecule has 5 heteroatoms. The smallest absolute Gasteiger partial charge is 0.348 e. The Morgan fingerprint density at radius 3 is 2.55 bits per heavy atom. The van der Waals surface area contributed by atoms with Crippen LogP contribution >= 0.6 is 11.3 Å². The SMILES string of the molecule is Cc1ccc(C(=O)OCC(=O)NC2CCCCCC2)s1. The van der Waals surface area contributed by atoms with Crippen LogP contribution in [0.4, 0.5) is 0 Å². The first-order chi connectivity index (χ1) is 9.65. The van der Waals surface area contributed by atoms with Gasteiger partial charge in [0.1, 0.15) is 4.88 Å². The number of carbonyl (C=O) groups excluding carboxylic acids is 2. The van der Waals surface area contributed by atoms with E-state index in [4.69, 9.17) is 4.74 Å². The zero-order valence-electron chi connectivity index (χ0n) is 11.8. The quantitative estimate of drug-likeness (QED) is 0.686. The molecule has 0 saturated heterocycles. The first kappa shape index (κ1) is 15.0. The Hall–Kier alpha value is -1.36. The second kappa shape index (κ2) is 7.43. The van der Waals surface area contributed by atoms with Crippen LogP contribution in [0.2, 0.25) is 0 Å². The van der Waals surface area contributed by atoms with Gasteiger partial charge < -0.3 is 10.1 Å². The number of amides is 1. The van der Waals surface area contributed by atoms with Crippen LogP contribution in [0.25, 0.3) is 0 Å². The van der Waals surface area contributed by atoms with Crippen molar-refractivity contribution < 1.29 is 14.3 Å². The molecular weight excluding hydrogens is 274 g/mol. The van der Waals surface area contributed by atoms with Gasteiger partial charge in [0, 0.05) is 10.9 Å². The van der Waals surface area contributed by atoms with Gasteiger partial charge in [-0.1, -0.05) is 25.7 Å². The molecule has 0 unspecified atom stereocenters. The topological polar surface area (TPSA) is 55.4 Å². The van der Waals surface area contributed by atoms with Crippen molar-refractivity contribution in [3.63, 3.8) is 0 Å². The molecule has 0 aromatic carbocycles. The Balaban J connectivity index is 1.73. The fourth-order valence-corrected chi connectivity index (χ4v) is 3.20. The molecule has 0 radical (unpaired) electrons. The second-order valence-corrected chi connectivity index (χ2v) is 6.53. The molecule has 0 spiro atoms. The lowest BCUT2D eigenvalue weighted by atomic mass is 10.1. The van der Waals surface area contributed by atoms with E-state index >= 15 is 0 Å². The second-order valence-electron chi connectivity index (χ2n) is 5.24. The number of hydrogen-bond acceptors (Lipinski definition) is 4. The van der Waals surface area contributed by atoms with Gasteiger partial charge in [0.05, 0.1) is 0 Å². The third-order valence-electron chi connectivity index (χ3n) is 3.50. The summed E-state index contributed by atoms with van der Waals surface area (Å²) in [5, 5.41) is 2.96. The number of ether oxygens (including phenoxy) is 1. The molecule has 0 atom stereocenters. The summed E-state index contributed by atoms with van der Waals surface area (Å²) in [4.78, 5) is 25.1. The molecule has 0 aliphatic heterocycles. The largest absolute Gasteiger partial charge is 0.451 e. The van der Waals surface area contributed by atoms with Gasteiger partial charge in [-0.05, 0) is 31.9 Å². The number of carbonyl (C=O) groups is 2. The van der Waals surface area contributed by atoms with E-state index in [9.17, 15) is 9.59 Å². The van der Waals surface area contributed by atoms with Gasteiger partial charge >= 0.3 is 5.97 Å². The monoisotopic (exact) mass is 295 g/mol. The summed E-state index contributed by atoms with van der Waals surface area (Å²) in [5.74, 6) is -0.613. The Bertz CT molecular complexity index is 461. The summed E-state index contributed by atoms with van der Waals surface area (Å²) in [5.41, 5.74) is 0. The van der Waals surface area contributed by atoms with Crippen LogP contribution in [0.1, 0.15) is 53.1 Å². The lowest BCUT2D eigenvalue weighted by molar-refractivity contribution is -0.125. The highest BCUT2D eigenvalue weighted by Gasteiger charge is 2.16. The average Bonchev–Trinajstić information content (AvgIpc) is 2.70. The third kappa shape index (κ3) is 4.63. The van der Waals surface area contributed by atoms with Crippen molar-refractivity contribution >= 4 is 23.2 Å². The predicted octanol–water partition coefficient (Wildman–Crippen LogP) is 3.05. The molecule has 1 N–H and O–H groups in total. The summed E-state index contributed by atoms with van der Waals surface area (Å²) >= 11 is 1.38. The number of nitrogens with one attached hydrogen (secondary N) is 1. The Labute approximate surface area is 123 Å². The molecular formula is C15H21NO3S. The fourth-order valence-electron chi connectivity index (χ4n) is 2.44. The zero-order valence-corrected chi connectivity index (χ0v) is 12.6. The minimum Gasteiger partial charge on any atom is -0.451 e. The molecule has 1 aliphatic rings. The normalized spacial score (nSPS) is 16.4. The van der Waals surface area contributed by atoms with Gasteiger partial charge in [0.2, 0.25) is 0 Å². The van der Waals surface area contributed by atoms with Crippen LogP contribution in [-0.2, 0) is 9.53 Å². The summed E-state index contributed by atoms with van der Waals surface area (Å²) < 4.78 is 5.04. The average molecular weight is 295 g/mol. The first-order valence-electron chi connectivity index (χ1n) is 7.18. The maximum atomic E-state index is 11.8. The standard InChI is InChI=1S/C15H21NO3S/c1-11-8-9-13(20-11)15(18)19-10-14(17)16-12-6-4-2-3-5-7-12/h8-9,12H,2-7,10H2,1H3,(H,16,17). The molecule has 1 fully saturated rings. The van der Waals surface area contributed by atoms with Gasteiger partial charge in [-0.3, -0.25) is 4.79 Å². The van der Waals surface area contributed by atoms with Crippen LogP contribution in [0, 0.1) is 6.92 Å². The lowest BCUT2D eigenvalue weighted by Gasteiger charge is -2.15. The highest BCUT2D eigenvalue weighted by Crippen LogP contribution is 2.17. The molecule has 1 heterocycles. The highest BCUT2D eigenvalue weighted by atomic mass is 32.1. The van der Waals surface area contributed by atoms with Crippen molar-refractivity contribution in [1.29, 1.82) is 0 Å². The van der Waals surface area contributed by atoms with Crippen molar-refractivity contribution in [2.75, 3.05) is 6.61 Å². The van der Waals surface area contributed by atoms with Crippen LogP contribution < -0.4 is 5.32 Å². The van der Waals surface area contributed by atoms with E-state index in [1.54, 1.807) is 6.07 Å². The Morgan fingerprint density at radius 2 is 1.95 bits per heavy atom. The Morgan fingerprint density at radius 1 is 1.25 bits per heavy atom. The number of esters is 1. The maximum Gasteiger partial charge on any atom is 0.348 e. The number of rotatable bonds is 4. The summed E-state index contributed by atoms with van der Waals surface area (Å²) in [6.45, 7) is 1.74. The zero-order chi connectivity index (χ0) is 14.4. The molecule has 0 bridgehead atoms. The van der Waals surface area contributed by atoms with Gasteiger partial charge in [0.15, 0.2) is 6.61 Å². The summed E-state index contributed by atoms with van der Waals surface area (Å²) in [7, 11) is 0.